The van der Waals surface area contributed by atoms with Crippen LogP contribution in [-0.2, 0) is 65.4 Å². The van der Waals surface area contributed by atoms with Gasteiger partial charge in [-0.1, -0.05) is 394 Å². The van der Waals surface area contributed by atoms with Gasteiger partial charge in [0.2, 0.25) is 0 Å². The number of hydrogen-bond acceptors (Lipinski definition) is 15. The Balaban J connectivity index is 5.16. The van der Waals surface area contributed by atoms with Crippen LogP contribution < -0.4 is 0 Å². The Hall–Kier alpha value is -1.94. The average molecular weight is 1480 g/mol. The highest BCUT2D eigenvalue weighted by molar-refractivity contribution is 7.47. The SMILES string of the molecule is CCCCCCCCCCCCCCCCCCCCC(=O)OC[C@H](COP(=O)(O)OC[C@@H](O)COP(=O)(O)OC[C@@H](COC(=O)CCCCCCCCC)OC(=O)CCCCCCCCCCCCCCCCCCCC)OC(=O)CCCCCCCCCCCCCCCCCCCC. The summed E-state index contributed by atoms with van der Waals surface area (Å²) >= 11 is 0. The number of carbonyl (C=O) groups excluding carboxylic acids is 4. The molecule has 0 saturated heterocycles. The largest absolute Gasteiger partial charge is 0.472 e. The summed E-state index contributed by atoms with van der Waals surface area (Å²) in [6.45, 7) is 5.00. The van der Waals surface area contributed by atoms with Gasteiger partial charge in [0.15, 0.2) is 12.2 Å². The molecular weight excluding hydrogens is 1320 g/mol. The lowest BCUT2D eigenvalue weighted by Crippen LogP contribution is -2.30. The molecule has 0 aliphatic heterocycles. The van der Waals surface area contributed by atoms with E-state index < -0.39 is 97.5 Å². The summed E-state index contributed by atoms with van der Waals surface area (Å²) in [4.78, 5) is 72.9. The summed E-state index contributed by atoms with van der Waals surface area (Å²) in [5.41, 5.74) is 0. The number of hydrogen-bond donors (Lipinski definition) is 3. The molecule has 0 heterocycles. The first-order chi connectivity index (χ1) is 49.2. The minimum absolute atomic E-state index is 0.109. The fourth-order valence-electron chi connectivity index (χ4n) is 12.8. The van der Waals surface area contributed by atoms with Gasteiger partial charge in [-0.05, 0) is 25.7 Å². The number of aliphatic hydroxyl groups excluding tert-OH is 1. The van der Waals surface area contributed by atoms with Crippen LogP contribution in [0.4, 0.5) is 0 Å². The van der Waals surface area contributed by atoms with Gasteiger partial charge >= 0.3 is 39.5 Å². The second-order valence-electron chi connectivity index (χ2n) is 29.5. The van der Waals surface area contributed by atoms with E-state index in [0.29, 0.717) is 25.7 Å². The van der Waals surface area contributed by atoms with Crippen LogP contribution in [0.25, 0.3) is 0 Å². The molecule has 2 unspecified atom stereocenters. The third-order valence-corrected chi connectivity index (χ3v) is 21.3. The number of phosphoric ester groups is 2. The van der Waals surface area contributed by atoms with Gasteiger partial charge in [-0.3, -0.25) is 37.3 Å². The van der Waals surface area contributed by atoms with Crippen molar-refractivity contribution in [3.8, 4) is 0 Å². The van der Waals surface area contributed by atoms with Gasteiger partial charge in [0.25, 0.3) is 0 Å². The second kappa shape index (κ2) is 76.3. The van der Waals surface area contributed by atoms with Crippen LogP contribution in [-0.4, -0.2) is 96.7 Å². The molecule has 0 aromatic carbocycles. The molecule has 3 N–H and O–H groups in total. The van der Waals surface area contributed by atoms with Crippen molar-refractivity contribution in [2.45, 2.75) is 463 Å². The van der Waals surface area contributed by atoms with E-state index in [9.17, 15) is 43.2 Å². The zero-order chi connectivity index (χ0) is 73.9. The molecule has 5 atom stereocenters. The van der Waals surface area contributed by atoms with E-state index in [4.69, 9.17) is 37.0 Å². The van der Waals surface area contributed by atoms with E-state index in [1.807, 2.05) is 0 Å². The maximum absolute atomic E-state index is 13.1. The number of rotatable bonds is 83. The lowest BCUT2D eigenvalue weighted by atomic mass is 10.0. The van der Waals surface area contributed by atoms with Gasteiger partial charge in [-0.25, -0.2) is 9.13 Å². The van der Waals surface area contributed by atoms with E-state index in [2.05, 4.69) is 27.7 Å². The molecule has 0 aromatic heterocycles. The van der Waals surface area contributed by atoms with Crippen molar-refractivity contribution >= 4 is 39.5 Å². The van der Waals surface area contributed by atoms with Gasteiger partial charge in [-0.2, -0.15) is 0 Å². The number of carbonyl (C=O) groups is 4. The highest BCUT2D eigenvalue weighted by Crippen LogP contribution is 2.45. The first-order valence-corrected chi connectivity index (χ1v) is 45.8. The Labute approximate surface area is 619 Å². The first-order valence-electron chi connectivity index (χ1n) is 42.8. The number of aliphatic hydroxyl groups is 1. The van der Waals surface area contributed by atoms with Crippen LogP contribution >= 0.6 is 15.6 Å². The van der Waals surface area contributed by atoms with Crippen LogP contribution in [0, 0.1) is 0 Å². The van der Waals surface area contributed by atoms with Crippen molar-refractivity contribution in [1.29, 1.82) is 0 Å². The first kappa shape index (κ1) is 99.1. The minimum atomic E-state index is -4.96. The van der Waals surface area contributed by atoms with Gasteiger partial charge in [0.1, 0.15) is 19.3 Å². The number of esters is 4. The van der Waals surface area contributed by atoms with Gasteiger partial charge in [-0.15, -0.1) is 0 Å². The molecule has 0 aliphatic rings. The molecule has 0 fully saturated rings. The molecule has 19 heteroatoms. The van der Waals surface area contributed by atoms with Crippen molar-refractivity contribution in [1.82, 2.24) is 0 Å². The molecule has 0 rings (SSSR count). The average Bonchev–Trinajstić information content (AvgIpc) is 0.951. The molecule has 0 radical (unpaired) electrons. The van der Waals surface area contributed by atoms with Crippen LogP contribution in [0.3, 0.4) is 0 Å². The summed E-state index contributed by atoms with van der Waals surface area (Å²) in [5.74, 6) is -2.11. The summed E-state index contributed by atoms with van der Waals surface area (Å²) in [7, 11) is -9.91. The van der Waals surface area contributed by atoms with Crippen LogP contribution in [0.2, 0.25) is 0 Å². The zero-order valence-electron chi connectivity index (χ0n) is 65.9. The third kappa shape index (κ3) is 76.1. The van der Waals surface area contributed by atoms with E-state index in [1.165, 1.54) is 263 Å². The van der Waals surface area contributed by atoms with Crippen LogP contribution in [0.1, 0.15) is 445 Å². The van der Waals surface area contributed by atoms with Gasteiger partial charge in [0, 0.05) is 25.7 Å². The highest BCUT2D eigenvalue weighted by atomic mass is 31.2. The molecule has 600 valence electrons. The summed E-state index contributed by atoms with van der Waals surface area (Å²) in [6.07, 6.45) is 69.6. The number of ether oxygens (including phenoxy) is 4. The maximum atomic E-state index is 13.1. The Morgan fingerprint density at radius 1 is 0.238 bits per heavy atom. The van der Waals surface area contributed by atoms with Crippen LogP contribution in [0.15, 0.2) is 0 Å². The lowest BCUT2D eigenvalue weighted by molar-refractivity contribution is -0.161. The van der Waals surface area contributed by atoms with E-state index in [0.717, 1.165) is 103 Å². The monoisotopic (exact) mass is 1480 g/mol. The van der Waals surface area contributed by atoms with Gasteiger partial charge < -0.3 is 33.8 Å². The quantitative estimate of drug-likeness (QED) is 0.0222. The maximum Gasteiger partial charge on any atom is 0.472 e. The molecule has 101 heavy (non-hydrogen) atoms. The summed E-state index contributed by atoms with van der Waals surface area (Å²) in [5, 5.41) is 10.6. The lowest BCUT2D eigenvalue weighted by Gasteiger charge is -2.21. The smallest absolute Gasteiger partial charge is 0.462 e. The van der Waals surface area contributed by atoms with Crippen molar-refractivity contribution in [3.05, 3.63) is 0 Å². The Kier molecular flexibility index (Phi) is 74.8. The number of phosphoric acid groups is 2. The van der Waals surface area contributed by atoms with Crippen molar-refractivity contribution in [2.75, 3.05) is 39.6 Å². The Morgan fingerprint density at radius 2 is 0.396 bits per heavy atom. The van der Waals surface area contributed by atoms with Crippen LogP contribution in [0.5, 0.6) is 0 Å². The fourth-order valence-corrected chi connectivity index (χ4v) is 14.4. The predicted molar refractivity (Wildman–Crippen MR) is 414 cm³/mol. The Bertz CT molecular complexity index is 1910. The normalized spacial score (nSPS) is 13.8. The fraction of sp³-hybridized carbons (Fsp3) is 0.951. The molecule has 0 amide bonds. The topological polar surface area (TPSA) is 237 Å². The van der Waals surface area contributed by atoms with Crippen molar-refractivity contribution < 1.29 is 80.2 Å². The van der Waals surface area contributed by atoms with Gasteiger partial charge in [0.05, 0.1) is 26.4 Å². The second-order valence-corrected chi connectivity index (χ2v) is 32.4. The molecule has 0 spiro atoms. The van der Waals surface area contributed by atoms with E-state index in [-0.39, 0.29) is 25.7 Å². The molecule has 0 aliphatic carbocycles. The molecule has 0 saturated carbocycles. The molecule has 17 nitrogen and oxygen atoms in total. The van der Waals surface area contributed by atoms with Crippen molar-refractivity contribution in [3.63, 3.8) is 0 Å². The Morgan fingerprint density at radius 3 is 0.584 bits per heavy atom. The van der Waals surface area contributed by atoms with E-state index >= 15 is 0 Å². The van der Waals surface area contributed by atoms with Crippen molar-refractivity contribution in [2.24, 2.45) is 0 Å². The standard InChI is InChI=1S/C82H160O17P2/c1-5-9-13-17-21-24-27-30-33-36-39-42-45-48-51-55-59-63-67-80(85)93-73-78(99-82(87)69-65-61-57-53-50-47-44-41-38-35-32-29-26-23-19-15-11-7-3)75-97-101(90,91)95-71-76(83)70-94-100(88,89)96-74-77(72-92-79(84)66-62-58-54-20-16-12-8-4)98-81(86)68-64-60-56-52-49-46-43-40-37-34-31-28-25-22-18-14-10-6-2/h76-78,83H,5-75H2,1-4H3,(H,88,89)(H,90,91)/t76-,77+,78+/m0/s1. The number of unbranched alkanes of at least 4 members (excludes halogenated alkanes) is 57. The third-order valence-electron chi connectivity index (χ3n) is 19.4. The summed E-state index contributed by atoms with van der Waals surface area (Å²) in [6, 6.07) is 0. The molecule has 0 bridgehead atoms. The molecule has 0 aromatic rings. The summed E-state index contributed by atoms with van der Waals surface area (Å²) < 4.78 is 68.7. The highest BCUT2D eigenvalue weighted by Gasteiger charge is 2.30. The minimum Gasteiger partial charge on any atom is -0.462 e. The molecular formula is C82H160O17P2. The predicted octanol–water partition coefficient (Wildman–Crippen LogP) is 25.0. The zero-order valence-corrected chi connectivity index (χ0v) is 67.7. The van der Waals surface area contributed by atoms with E-state index in [1.54, 1.807) is 0 Å².